The van der Waals surface area contributed by atoms with Gasteiger partial charge in [0.05, 0.1) is 0 Å². The molecular weight excluding hydrogens is 292 g/mol. The van der Waals surface area contributed by atoms with Crippen molar-refractivity contribution in [3.05, 3.63) is 34.9 Å². The smallest absolute Gasteiger partial charge is 0.272 e. The van der Waals surface area contributed by atoms with Crippen molar-refractivity contribution < 1.29 is 4.79 Å². The number of alkyl halides is 3. The highest BCUT2D eigenvalue weighted by Gasteiger charge is 2.29. The second-order valence-corrected chi connectivity index (χ2v) is 5.78. The molecule has 0 saturated carbocycles. The molecular formula is C10H9Cl4NO. The summed E-state index contributed by atoms with van der Waals surface area (Å²) in [5, 5.41) is 3.16. The van der Waals surface area contributed by atoms with E-state index in [1.54, 1.807) is 6.07 Å². The standard InChI is InChI=1S/C10H9Cl4NO/c11-8-4-2-1-3-7(8)5-6-15-9(16)10(12,13)14/h1-4H,5-6H2,(H,15,16). The number of benzene rings is 1. The molecule has 0 unspecified atom stereocenters. The third kappa shape index (κ3) is 4.38. The van der Waals surface area contributed by atoms with E-state index in [9.17, 15) is 4.79 Å². The van der Waals surface area contributed by atoms with Crippen LogP contribution in [0.4, 0.5) is 0 Å². The van der Waals surface area contributed by atoms with Crippen molar-refractivity contribution in [2.45, 2.75) is 10.2 Å². The van der Waals surface area contributed by atoms with E-state index in [0.717, 1.165) is 5.56 Å². The first-order valence-electron chi connectivity index (χ1n) is 4.49. The van der Waals surface area contributed by atoms with Crippen LogP contribution in [0.3, 0.4) is 0 Å². The number of amides is 1. The van der Waals surface area contributed by atoms with Gasteiger partial charge in [-0.2, -0.15) is 0 Å². The molecule has 0 radical (unpaired) electrons. The lowest BCUT2D eigenvalue weighted by molar-refractivity contribution is -0.120. The van der Waals surface area contributed by atoms with Gasteiger partial charge in [-0.05, 0) is 18.1 Å². The van der Waals surface area contributed by atoms with Crippen LogP contribution in [-0.4, -0.2) is 16.2 Å². The third-order valence-corrected chi connectivity index (χ3v) is 2.78. The van der Waals surface area contributed by atoms with E-state index < -0.39 is 9.70 Å². The van der Waals surface area contributed by atoms with Gasteiger partial charge in [-0.25, -0.2) is 0 Å². The van der Waals surface area contributed by atoms with Crippen LogP contribution in [0, 0.1) is 0 Å². The van der Waals surface area contributed by atoms with Crippen molar-refractivity contribution in [1.82, 2.24) is 5.32 Å². The molecule has 0 bridgehead atoms. The molecule has 88 valence electrons. The molecule has 16 heavy (non-hydrogen) atoms. The van der Waals surface area contributed by atoms with Gasteiger partial charge in [-0.3, -0.25) is 4.79 Å². The van der Waals surface area contributed by atoms with Gasteiger partial charge in [0.15, 0.2) is 0 Å². The third-order valence-electron chi connectivity index (χ3n) is 1.90. The quantitative estimate of drug-likeness (QED) is 0.852. The summed E-state index contributed by atoms with van der Waals surface area (Å²) in [4.78, 5) is 11.2. The van der Waals surface area contributed by atoms with E-state index in [1.807, 2.05) is 18.2 Å². The van der Waals surface area contributed by atoms with Crippen molar-refractivity contribution >= 4 is 52.3 Å². The molecule has 0 heterocycles. The van der Waals surface area contributed by atoms with Crippen LogP contribution in [0.1, 0.15) is 5.56 Å². The fraction of sp³-hybridized carbons (Fsp3) is 0.300. The van der Waals surface area contributed by atoms with Crippen molar-refractivity contribution in [3.63, 3.8) is 0 Å². The van der Waals surface area contributed by atoms with Gasteiger partial charge in [0.1, 0.15) is 0 Å². The maximum atomic E-state index is 11.2. The molecule has 0 aliphatic heterocycles. The molecule has 6 heteroatoms. The highest BCUT2D eigenvalue weighted by atomic mass is 35.6. The predicted molar refractivity (Wildman–Crippen MR) is 68.5 cm³/mol. The van der Waals surface area contributed by atoms with Gasteiger partial charge in [0, 0.05) is 11.6 Å². The summed E-state index contributed by atoms with van der Waals surface area (Å²) in [6, 6.07) is 7.38. The lowest BCUT2D eigenvalue weighted by Crippen LogP contribution is -2.35. The van der Waals surface area contributed by atoms with Crippen LogP contribution in [-0.2, 0) is 11.2 Å². The molecule has 1 amide bonds. The number of halogens is 4. The van der Waals surface area contributed by atoms with Gasteiger partial charge < -0.3 is 5.32 Å². The Balaban J connectivity index is 2.43. The molecule has 1 aromatic carbocycles. The van der Waals surface area contributed by atoms with Crippen LogP contribution < -0.4 is 5.32 Å². The highest BCUT2D eigenvalue weighted by Crippen LogP contribution is 2.25. The molecule has 1 N–H and O–H groups in total. The van der Waals surface area contributed by atoms with Crippen LogP contribution in [0.2, 0.25) is 5.02 Å². The molecule has 0 fully saturated rings. The monoisotopic (exact) mass is 299 g/mol. The van der Waals surface area contributed by atoms with Crippen molar-refractivity contribution in [2.75, 3.05) is 6.54 Å². The summed E-state index contributed by atoms with van der Waals surface area (Å²) in [7, 11) is 0. The fourth-order valence-electron chi connectivity index (χ4n) is 1.11. The molecule has 1 aromatic rings. The van der Waals surface area contributed by atoms with Crippen LogP contribution in [0.15, 0.2) is 24.3 Å². The zero-order valence-corrected chi connectivity index (χ0v) is 11.2. The number of hydrogen-bond acceptors (Lipinski definition) is 1. The topological polar surface area (TPSA) is 29.1 Å². The number of carbonyl (C=O) groups excluding carboxylic acids is 1. The van der Waals surface area contributed by atoms with E-state index in [1.165, 1.54) is 0 Å². The van der Waals surface area contributed by atoms with E-state index in [4.69, 9.17) is 46.4 Å². The maximum Gasteiger partial charge on any atom is 0.272 e. The van der Waals surface area contributed by atoms with Crippen molar-refractivity contribution in [1.29, 1.82) is 0 Å². The lowest BCUT2D eigenvalue weighted by atomic mass is 10.1. The largest absolute Gasteiger partial charge is 0.352 e. The maximum absolute atomic E-state index is 11.2. The first-order valence-corrected chi connectivity index (χ1v) is 6.01. The summed E-state index contributed by atoms with van der Waals surface area (Å²) < 4.78 is -1.92. The Bertz CT molecular complexity index is 375. The predicted octanol–water partition coefficient (Wildman–Crippen LogP) is 3.37. The number of nitrogens with one attached hydrogen (secondary N) is 1. The highest BCUT2D eigenvalue weighted by molar-refractivity contribution is 6.76. The summed E-state index contributed by atoms with van der Waals surface area (Å²) in [6.45, 7) is 0.372. The molecule has 1 rings (SSSR count). The second-order valence-electron chi connectivity index (χ2n) is 3.10. The average Bonchev–Trinajstić information content (AvgIpc) is 2.19. The van der Waals surface area contributed by atoms with Gasteiger partial charge in [0.25, 0.3) is 9.70 Å². The molecule has 2 nitrogen and oxygen atoms in total. The zero-order valence-electron chi connectivity index (χ0n) is 8.14. The van der Waals surface area contributed by atoms with Crippen LogP contribution in [0.25, 0.3) is 0 Å². The Morgan fingerprint density at radius 2 is 1.88 bits per heavy atom. The Labute approximate surface area is 114 Å². The minimum atomic E-state index is -1.92. The zero-order chi connectivity index (χ0) is 12.2. The molecule has 0 atom stereocenters. The Morgan fingerprint density at radius 1 is 1.25 bits per heavy atom. The Kier molecular flexibility index (Phi) is 5.19. The molecule has 0 spiro atoms. The van der Waals surface area contributed by atoms with Gasteiger partial charge in [0.2, 0.25) is 0 Å². The first-order chi connectivity index (χ1) is 7.41. The summed E-state index contributed by atoms with van der Waals surface area (Å²) >= 11 is 22.1. The van der Waals surface area contributed by atoms with Crippen molar-refractivity contribution in [3.8, 4) is 0 Å². The molecule has 0 aliphatic carbocycles. The average molecular weight is 301 g/mol. The van der Waals surface area contributed by atoms with Crippen molar-refractivity contribution in [2.24, 2.45) is 0 Å². The van der Waals surface area contributed by atoms with E-state index in [0.29, 0.717) is 18.0 Å². The summed E-state index contributed by atoms with van der Waals surface area (Å²) in [5.41, 5.74) is 0.939. The normalized spacial score (nSPS) is 11.2. The summed E-state index contributed by atoms with van der Waals surface area (Å²) in [6.07, 6.45) is 0.589. The Morgan fingerprint density at radius 3 is 2.44 bits per heavy atom. The molecule has 0 saturated heterocycles. The lowest BCUT2D eigenvalue weighted by Gasteiger charge is -2.11. The van der Waals surface area contributed by atoms with Crippen LogP contribution >= 0.6 is 46.4 Å². The number of hydrogen-bond donors (Lipinski definition) is 1. The fourth-order valence-corrected chi connectivity index (χ4v) is 1.54. The second kappa shape index (κ2) is 5.97. The number of rotatable bonds is 3. The minimum Gasteiger partial charge on any atom is -0.352 e. The SMILES string of the molecule is O=C(NCCc1ccccc1Cl)C(Cl)(Cl)Cl. The van der Waals surface area contributed by atoms with Crippen LogP contribution in [0.5, 0.6) is 0 Å². The number of carbonyl (C=O) groups is 1. The van der Waals surface area contributed by atoms with Gasteiger partial charge >= 0.3 is 0 Å². The minimum absolute atomic E-state index is 0.372. The Hall–Kier alpha value is -0.150. The van der Waals surface area contributed by atoms with E-state index in [-0.39, 0.29) is 0 Å². The first kappa shape index (κ1) is 13.9. The van der Waals surface area contributed by atoms with E-state index in [2.05, 4.69) is 5.32 Å². The molecule has 0 aromatic heterocycles. The van der Waals surface area contributed by atoms with Gasteiger partial charge in [-0.15, -0.1) is 0 Å². The summed E-state index contributed by atoms with van der Waals surface area (Å²) in [5.74, 6) is -0.635. The van der Waals surface area contributed by atoms with Gasteiger partial charge in [-0.1, -0.05) is 64.6 Å². The van der Waals surface area contributed by atoms with E-state index >= 15 is 0 Å². The molecule has 0 aliphatic rings.